The maximum absolute atomic E-state index is 12.8. The van der Waals surface area contributed by atoms with Gasteiger partial charge in [0.1, 0.15) is 6.04 Å². The molecule has 1 saturated heterocycles. The van der Waals surface area contributed by atoms with E-state index in [0.717, 1.165) is 31.4 Å². The fourth-order valence-corrected chi connectivity index (χ4v) is 5.32. The van der Waals surface area contributed by atoms with E-state index in [4.69, 9.17) is 0 Å². The van der Waals surface area contributed by atoms with Gasteiger partial charge in [0.15, 0.2) is 0 Å². The van der Waals surface area contributed by atoms with Crippen molar-refractivity contribution in [2.24, 2.45) is 4.36 Å². The third kappa shape index (κ3) is 6.04. The van der Waals surface area contributed by atoms with Gasteiger partial charge in [0, 0.05) is 6.54 Å². The number of nitrogens with zero attached hydrogens (tertiary/aromatic N) is 2. The van der Waals surface area contributed by atoms with Gasteiger partial charge < -0.3 is 5.32 Å². The molecule has 2 atom stereocenters. The first-order valence-corrected chi connectivity index (χ1v) is 12.6. The summed E-state index contributed by atoms with van der Waals surface area (Å²) >= 11 is 0. The van der Waals surface area contributed by atoms with Crippen molar-refractivity contribution in [2.45, 2.75) is 63.6 Å². The van der Waals surface area contributed by atoms with Crippen molar-refractivity contribution in [1.82, 2.24) is 10.2 Å². The number of amides is 1. The lowest BCUT2D eigenvalue weighted by atomic mass is 9.86. The number of benzene rings is 2. The zero-order valence-corrected chi connectivity index (χ0v) is 19.2. The first kappa shape index (κ1) is 22.7. The molecule has 0 saturated carbocycles. The molecule has 0 bridgehead atoms. The molecule has 1 N–H and O–H groups in total. The minimum atomic E-state index is -2.57. The van der Waals surface area contributed by atoms with Crippen LogP contribution in [0.5, 0.6) is 0 Å². The Morgan fingerprint density at radius 2 is 1.84 bits per heavy atom. The van der Waals surface area contributed by atoms with Gasteiger partial charge in [-0.25, -0.2) is 0 Å². The molecule has 0 radical (unpaired) electrons. The normalized spacial score (nSPS) is 19.6. The molecule has 32 heavy (non-hydrogen) atoms. The van der Waals surface area contributed by atoms with Crippen LogP contribution in [0.25, 0.3) is 0 Å². The second kappa shape index (κ2) is 10.9. The van der Waals surface area contributed by atoms with Crippen LogP contribution in [0.1, 0.15) is 72.9 Å². The largest absolute Gasteiger partial charge is 0.349 e. The second-order valence-corrected chi connectivity index (χ2v) is 9.48. The highest BCUT2D eigenvalue weighted by molar-refractivity contribution is 7.61. The van der Waals surface area contributed by atoms with Crippen molar-refractivity contribution in [3.63, 3.8) is 0 Å². The monoisotopic (exact) mass is 453 g/mol. The summed E-state index contributed by atoms with van der Waals surface area (Å²) in [4.78, 5) is 15.4. The van der Waals surface area contributed by atoms with Crippen LogP contribution in [0.4, 0.5) is 0 Å². The highest BCUT2D eigenvalue weighted by Gasteiger charge is 2.24. The predicted molar refractivity (Wildman–Crippen MR) is 125 cm³/mol. The molecule has 170 valence electrons. The standard InChI is InChI=1S/C25H31N3O3S/c29-25(17-24(27-32(30)31)20-8-3-1-4-9-20)26-23-11-7-10-21-16-19(12-13-22(21)23)18-28-14-5-2-6-15-28/h1,3-4,8-9,12-13,16,23-24H,2,5-7,10-11,14-15,17-18H2,(H,26,29). The number of likely N-dealkylation sites (tertiary alicyclic amines) is 1. The molecule has 1 aliphatic carbocycles. The summed E-state index contributed by atoms with van der Waals surface area (Å²) < 4.78 is 26.1. The van der Waals surface area contributed by atoms with Crippen LogP contribution in [-0.4, -0.2) is 32.3 Å². The molecule has 1 heterocycles. The predicted octanol–water partition coefficient (Wildman–Crippen LogP) is 4.36. The van der Waals surface area contributed by atoms with E-state index in [2.05, 4.69) is 32.8 Å². The first-order chi connectivity index (χ1) is 15.6. The molecule has 6 nitrogen and oxygen atoms in total. The Morgan fingerprint density at radius 1 is 1.06 bits per heavy atom. The molecule has 2 unspecified atom stereocenters. The van der Waals surface area contributed by atoms with Crippen molar-refractivity contribution in [3.05, 3.63) is 70.8 Å². The Hall–Kier alpha value is -2.51. The van der Waals surface area contributed by atoms with Crippen LogP contribution in [0.2, 0.25) is 0 Å². The van der Waals surface area contributed by atoms with Gasteiger partial charge in [0.2, 0.25) is 5.91 Å². The van der Waals surface area contributed by atoms with Crippen LogP contribution in [0, 0.1) is 0 Å². The highest BCUT2D eigenvalue weighted by atomic mass is 32.2. The molecule has 7 heteroatoms. The zero-order valence-electron chi connectivity index (χ0n) is 18.4. The fourth-order valence-electron chi connectivity index (χ4n) is 4.92. The molecule has 0 spiro atoms. The SMILES string of the molecule is O=C(CC(N=S(=O)=O)c1ccccc1)NC1CCCc2cc(CN3CCCCC3)ccc21. The topological polar surface area (TPSA) is 78.8 Å². The van der Waals surface area contributed by atoms with E-state index in [1.807, 2.05) is 18.2 Å². The average molecular weight is 454 g/mol. The quantitative estimate of drug-likeness (QED) is 0.676. The number of hydrogen-bond acceptors (Lipinski definition) is 5. The van der Waals surface area contributed by atoms with Gasteiger partial charge in [-0.2, -0.15) is 12.8 Å². The number of rotatable bonds is 7. The van der Waals surface area contributed by atoms with Crippen molar-refractivity contribution in [2.75, 3.05) is 13.1 Å². The Morgan fingerprint density at radius 3 is 2.59 bits per heavy atom. The van der Waals surface area contributed by atoms with Crippen LogP contribution < -0.4 is 5.32 Å². The lowest BCUT2D eigenvalue weighted by molar-refractivity contribution is -0.122. The maximum Gasteiger partial charge on any atom is 0.311 e. The van der Waals surface area contributed by atoms with Crippen molar-refractivity contribution in [3.8, 4) is 0 Å². The third-order valence-corrected chi connectivity index (χ3v) is 6.91. The van der Waals surface area contributed by atoms with Crippen LogP contribution in [0.15, 0.2) is 52.9 Å². The summed E-state index contributed by atoms with van der Waals surface area (Å²) in [6.45, 7) is 3.35. The van der Waals surface area contributed by atoms with E-state index in [1.54, 1.807) is 12.1 Å². The lowest BCUT2D eigenvalue weighted by Crippen LogP contribution is -2.32. The number of hydrogen-bond donors (Lipinski definition) is 1. The van der Waals surface area contributed by atoms with E-state index in [1.165, 1.54) is 49.0 Å². The van der Waals surface area contributed by atoms with E-state index in [0.29, 0.717) is 0 Å². The number of piperidine rings is 1. The highest BCUT2D eigenvalue weighted by Crippen LogP contribution is 2.31. The van der Waals surface area contributed by atoms with E-state index in [-0.39, 0.29) is 18.4 Å². The zero-order chi connectivity index (χ0) is 22.3. The summed E-state index contributed by atoms with van der Waals surface area (Å²) in [7, 11) is -2.57. The maximum atomic E-state index is 12.8. The fraction of sp³-hybridized carbons (Fsp3) is 0.480. The smallest absolute Gasteiger partial charge is 0.311 e. The van der Waals surface area contributed by atoms with Crippen LogP contribution in [0.3, 0.4) is 0 Å². The second-order valence-electron chi connectivity index (χ2n) is 8.84. The van der Waals surface area contributed by atoms with Gasteiger partial charge in [-0.1, -0.05) is 55.0 Å². The summed E-state index contributed by atoms with van der Waals surface area (Å²) in [5.41, 5.74) is 4.57. The Bertz CT molecular complexity index is 1060. The molecular weight excluding hydrogens is 422 g/mol. The molecule has 4 rings (SSSR count). The van der Waals surface area contributed by atoms with Crippen LogP contribution >= 0.6 is 0 Å². The van der Waals surface area contributed by atoms with E-state index >= 15 is 0 Å². The van der Waals surface area contributed by atoms with Gasteiger partial charge in [0.05, 0.1) is 12.5 Å². The number of carbonyl (C=O) groups is 1. The summed E-state index contributed by atoms with van der Waals surface area (Å²) in [5, 5.41) is 3.14. The van der Waals surface area contributed by atoms with E-state index in [9.17, 15) is 13.2 Å². The van der Waals surface area contributed by atoms with Gasteiger partial charge in [0.25, 0.3) is 0 Å². The molecule has 2 aliphatic rings. The van der Waals surface area contributed by atoms with Crippen molar-refractivity contribution in [1.29, 1.82) is 0 Å². The van der Waals surface area contributed by atoms with Gasteiger partial charge in [-0.15, -0.1) is 0 Å². The minimum absolute atomic E-state index is 0.0108. The molecule has 2 aromatic carbocycles. The number of nitrogens with one attached hydrogen (secondary N) is 1. The van der Waals surface area contributed by atoms with E-state index < -0.39 is 16.5 Å². The molecule has 0 aromatic heterocycles. The van der Waals surface area contributed by atoms with Gasteiger partial charge in [-0.05, 0) is 67.4 Å². The summed E-state index contributed by atoms with van der Waals surface area (Å²) in [6, 6.07) is 15.0. The third-order valence-electron chi connectivity index (χ3n) is 6.49. The van der Waals surface area contributed by atoms with Crippen molar-refractivity contribution >= 4 is 16.4 Å². The number of fused-ring (bicyclic) bond motifs is 1. The first-order valence-electron chi connectivity index (χ1n) is 11.6. The summed E-state index contributed by atoms with van der Waals surface area (Å²) in [6.07, 6.45) is 6.88. The number of aryl methyl sites for hydroxylation is 1. The Kier molecular flexibility index (Phi) is 7.71. The Labute approximate surface area is 191 Å². The van der Waals surface area contributed by atoms with Crippen molar-refractivity contribution < 1.29 is 13.2 Å². The molecule has 2 aromatic rings. The summed E-state index contributed by atoms with van der Waals surface area (Å²) in [5.74, 6) is -0.178. The Balaban J connectivity index is 1.43. The molecular formula is C25H31N3O3S. The molecule has 1 aliphatic heterocycles. The van der Waals surface area contributed by atoms with Gasteiger partial charge in [-0.3, -0.25) is 9.69 Å². The van der Waals surface area contributed by atoms with Crippen LogP contribution in [-0.2, 0) is 28.3 Å². The average Bonchev–Trinajstić information content (AvgIpc) is 2.80. The number of carbonyl (C=O) groups excluding carboxylic acids is 1. The van der Waals surface area contributed by atoms with Gasteiger partial charge >= 0.3 is 10.5 Å². The molecule has 1 amide bonds. The lowest BCUT2D eigenvalue weighted by Gasteiger charge is -2.29. The minimum Gasteiger partial charge on any atom is -0.349 e. The molecule has 1 fully saturated rings.